The molecule has 0 saturated carbocycles. The summed E-state index contributed by atoms with van der Waals surface area (Å²) in [6.07, 6.45) is 0.293. The van der Waals surface area contributed by atoms with Crippen molar-refractivity contribution in [2.75, 3.05) is 0 Å². The highest BCUT2D eigenvalue weighted by atomic mass is 16.3. The number of hydrogen-bond donors (Lipinski definition) is 1. The quantitative estimate of drug-likeness (QED) is 0.818. The van der Waals surface area contributed by atoms with Gasteiger partial charge in [-0.25, -0.2) is 0 Å². The largest absolute Gasteiger partial charge is 0.393 e. The Balaban J connectivity index is 3.24. The molecule has 0 bridgehead atoms. The van der Waals surface area contributed by atoms with Crippen molar-refractivity contribution in [3.63, 3.8) is 0 Å². The topological polar surface area (TPSA) is 44.0 Å². The van der Waals surface area contributed by atoms with E-state index in [1.54, 1.807) is 13.0 Å². The highest BCUT2D eigenvalue weighted by Gasteiger charge is 2.16. The van der Waals surface area contributed by atoms with Gasteiger partial charge in [-0.2, -0.15) is 5.26 Å². The molecule has 0 heterocycles. The second-order valence-electron chi connectivity index (χ2n) is 3.69. The Morgan fingerprint density at radius 1 is 1.53 bits per heavy atom. The van der Waals surface area contributed by atoms with Crippen molar-refractivity contribution in [3.05, 3.63) is 41.8 Å². The Hall–Kier alpha value is -1.33. The van der Waals surface area contributed by atoms with Gasteiger partial charge in [-0.3, -0.25) is 0 Å². The summed E-state index contributed by atoms with van der Waals surface area (Å²) in [4.78, 5) is 0. The van der Waals surface area contributed by atoms with E-state index >= 15 is 0 Å². The fraction of sp³-hybridized carbons (Fsp3) is 0.385. The molecule has 79 valence electrons. The smallest absolute Gasteiger partial charge is 0.0994 e. The lowest BCUT2D eigenvalue weighted by molar-refractivity contribution is 0.178. The van der Waals surface area contributed by atoms with Crippen molar-refractivity contribution in [1.29, 1.82) is 5.26 Å². The van der Waals surface area contributed by atoms with Crippen molar-refractivity contribution < 1.29 is 5.11 Å². The van der Waals surface area contributed by atoms with Crippen LogP contribution in [0, 0.1) is 18.3 Å². The van der Waals surface area contributed by atoms with E-state index in [9.17, 15) is 5.11 Å². The first kappa shape index (κ1) is 11.7. The molecule has 1 aromatic rings. The molecule has 2 heteroatoms. The monoisotopic (exact) mass is 202 g/mol. The van der Waals surface area contributed by atoms with E-state index in [0.29, 0.717) is 5.56 Å². The fourth-order valence-corrected chi connectivity index (χ4v) is 1.71. The lowest BCUT2D eigenvalue weighted by Crippen LogP contribution is -2.13. The molecule has 0 saturated heterocycles. The van der Waals surface area contributed by atoms with E-state index in [1.807, 2.05) is 19.1 Å². The van der Waals surface area contributed by atoms with Crippen molar-refractivity contribution in [1.82, 2.24) is 0 Å². The average molecular weight is 202 g/mol. The zero-order chi connectivity index (χ0) is 11.4. The van der Waals surface area contributed by atoms with Crippen LogP contribution in [0.3, 0.4) is 0 Å². The molecule has 2 unspecified atom stereocenters. The SMILES string of the molecule is [CH2]C(c1cccc(C#N)c1CC)C(C)O. The summed E-state index contributed by atoms with van der Waals surface area (Å²) in [6, 6.07) is 7.75. The van der Waals surface area contributed by atoms with Crippen LogP contribution in [0.5, 0.6) is 0 Å². The number of aliphatic hydroxyl groups excluding tert-OH is 1. The normalized spacial score (nSPS) is 14.3. The van der Waals surface area contributed by atoms with Gasteiger partial charge in [-0.15, -0.1) is 0 Å². The summed E-state index contributed by atoms with van der Waals surface area (Å²) in [6.45, 7) is 7.66. The Morgan fingerprint density at radius 3 is 2.67 bits per heavy atom. The molecule has 0 aliphatic rings. The zero-order valence-corrected chi connectivity index (χ0v) is 9.20. The summed E-state index contributed by atoms with van der Waals surface area (Å²) >= 11 is 0. The van der Waals surface area contributed by atoms with Gasteiger partial charge in [0.25, 0.3) is 0 Å². The molecule has 2 atom stereocenters. The van der Waals surface area contributed by atoms with Gasteiger partial charge in [0.05, 0.1) is 17.7 Å². The number of benzene rings is 1. The lowest BCUT2D eigenvalue weighted by Gasteiger charge is -2.19. The maximum atomic E-state index is 9.51. The van der Waals surface area contributed by atoms with Gasteiger partial charge in [0.15, 0.2) is 0 Å². The minimum Gasteiger partial charge on any atom is -0.393 e. The van der Waals surface area contributed by atoms with Gasteiger partial charge in [-0.1, -0.05) is 19.1 Å². The van der Waals surface area contributed by atoms with E-state index in [0.717, 1.165) is 17.5 Å². The molecule has 1 N–H and O–H groups in total. The van der Waals surface area contributed by atoms with Crippen LogP contribution in [0.2, 0.25) is 0 Å². The Morgan fingerprint density at radius 2 is 2.20 bits per heavy atom. The Bertz CT molecular complexity index is 377. The van der Waals surface area contributed by atoms with Crippen molar-refractivity contribution in [2.45, 2.75) is 32.3 Å². The number of aliphatic hydroxyl groups is 1. The fourth-order valence-electron chi connectivity index (χ4n) is 1.71. The first-order valence-electron chi connectivity index (χ1n) is 5.14. The van der Waals surface area contributed by atoms with Gasteiger partial charge in [-0.05, 0) is 37.5 Å². The van der Waals surface area contributed by atoms with Crippen LogP contribution < -0.4 is 0 Å². The molecular formula is C13H16NO. The number of rotatable bonds is 3. The standard InChI is InChI=1S/C13H16NO/c1-4-12-11(8-14)6-5-7-13(12)9(2)10(3)15/h5-7,9-10,15H,2,4H2,1,3H3. The summed E-state index contributed by atoms with van der Waals surface area (Å²) in [5, 5.41) is 18.5. The first-order chi connectivity index (χ1) is 7.11. The Kier molecular flexibility index (Phi) is 3.88. The first-order valence-corrected chi connectivity index (χ1v) is 5.14. The van der Waals surface area contributed by atoms with Crippen molar-refractivity contribution in [3.8, 4) is 6.07 Å². The molecule has 0 aliphatic heterocycles. The third-order valence-electron chi connectivity index (χ3n) is 2.67. The summed E-state index contributed by atoms with van der Waals surface area (Å²) in [7, 11) is 0. The number of hydrogen-bond acceptors (Lipinski definition) is 2. The van der Waals surface area contributed by atoms with Gasteiger partial charge < -0.3 is 5.11 Å². The number of nitrogens with zero attached hydrogens (tertiary/aromatic N) is 1. The van der Waals surface area contributed by atoms with Gasteiger partial charge in [0.1, 0.15) is 0 Å². The predicted octanol–water partition coefficient (Wildman–Crippen LogP) is 2.42. The van der Waals surface area contributed by atoms with Crippen LogP contribution in [0.15, 0.2) is 18.2 Å². The molecular weight excluding hydrogens is 186 g/mol. The minimum atomic E-state index is -0.496. The zero-order valence-electron chi connectivity index (χ0n) is 9.20. The molecule has 0 amide bonds. The molecule has 0 spiro atoms. The highest BCUT2D eigenvalue weighted by molar-refractivity contribution is 5.45. The van der Waals surface area contributed by atoms with E-state index in [1.165, 1.54) is 0 Å². The molecule has 1 aromatic carbocycles. The molecule has 0 aromatic heterocycles. The van der Waals surface area contributed by atoms with E-state index in [4.69, 9.17) is 5.26 Å². The Labute approximate surface area is 91.2 Å². The summed E-state index contributed by atoms with van der Waals surface area (Å²) in [5.41, 5.74) is 2.66. The second-order valence-corrected chi connectivity index (χ2v) is 3.69. The van der Waals surface area contributed by atoms with E-state index in [-0.39, 0.29) is 5.92 Å². The molecule has 0 aliphatic carbocycles. The van der Waals surface area contributed by atoms with E-state index < -0.39 is 6.10 Å². The average Bonchev–Trinajstić information content (AvgIpc) is 2.26. The highest BCUT2D eigenvalue weighted by Crippen LogP contribution is 2.25. The van der Waals surface area contributed by atoms with Crippen LogP contribution in [0.4, 0.5) is 0 Å². The lowest BCUT2D eigenvalue weighted by atomic mass is 9.88. The van der Waals surface area contributed by atoms with Crippen LogP contribution >= 0.6 is 0 Å². The predicted molar refractivity (Wildman–Crippen MR) is 60.3 cm³/mol. The second kappa shape index (κ2) is 4.95. The van der Waals surface area contributed by atoms with Gasteiger partial charge >= 0.3 is 0 Å². The van der Waals surface area contributed by atoms with Crippen LogP contribution in [-0.4, -0.2) is 11.2 Å². The van der Waals surface area contributed by atoms with Gasteiger partial charge in [0.2, 0.25) is 0 Å². The maximum absolute atomic E-state index is 9.51. The van der Waals surface area contributed by atoms with Crippen LogP contribution in [0.25, 0.3) is 0 Å². The molecule has 2 nitrogen and oxygen atoms in total. The molecule has 15 heavy (non-hydrogen) atoms. The minimum absolute atomic E-state index is 0.173. The maximum Gasteiger partial charge on any atom is 0.0994 e. The summed E-state index contributed by atoms with van der Waals surface area (Å²) < 4.78 is 0. The molecule has 0 fully saturated rings. The number of nitriles is 1. The van der Waals surface area contributed by atoms with Crippen molar-refractivity contribution in [2.24, 2.45) is 0 Å². The molecule has 1 rings (SSSR count). The third kappa shape index (κ3) is 2.37. The van der Waals surface area contributed by atoms with Gasteiger partial charge in [0, 0.05) is 5.92 Å². The van der Waals surface area contributed by atoms with Crippen molar-refractivity contribution >= 4 is 0 Å². The van der Waals surface area contributed by atoms with Crippen LogP contribution in [0.1, 0.15) is 36.5 Å². The van der Waals surface area contributed by atoms with Crippen LogP contribution in [-0.2, 0) is 6.42 Å². The van der Waals surface area contributed by atoms with E-state index in [2.05, 4.69) is 13.0 Å². The summed E-state index contributed by atoms with van der Waals surface area (Å²) in [5.74, 6) is -0.173. The molecule has 1 radical (unpaired) electrons. The third-order valence-corrected chi connectivity index (χ3v) is 2.67.